The lowest BCUT2D eigenvalue weighted by Gasteiger charge is -2.00. The topological polar surface area (TPSA) is 47.0 Å². The molecule has 0 fully saturated rings. The summed E-state index contributed by atoms with van der Waals surface area (Å²) in [4.78, 5) is 0. The third-order valence-electron chi connectivity index (χ3n) is 2.44. The number of hydrogen-bond donors (Lipinski definition) is 1. The van der Waals surface area contributed by atoms with Crippen LogP contribution in [0.4, 0.5) is 0 Å². The van der Waals surface area contributed by atoms with Crippen LogP contribution in [-0.4, -0.2) is 37.0 Å². The van der Waals surface area contributed by atoms with E-state index in [9.17, 15) is 0 Å². The minimum atomic E-state index is 0.750. The van der Waals surface area contributed by atoms with Crippen LogP contribution in [0, 0.1) is 0 Å². The Bertz CT molecular complexity index is 442. The van der Waals surface area contributed by atoms with Crippen LogP contribution in [0.1, 0.15) is 15.6 Å². The van der Waals surface area contributed by atoms with Gasteiger partial charge in [0.05, 0.1) is 6.61 Å². The van der Waals surface area contributed by atoms with Crippen LogP contribution < -0.4 is 5.32 Å². The van der Waals surface area contributed by atoms with E-state index in [-0.39, 0.29) is 0 Å². The van der Waals surface area contributed by atoms with E-state index < -0.39 is 0 Å². The Balaban J connectivity index is 1.72. The molecular formula is C12H17N3OS2. The second kappa shape index (κ2) is 7.58. The molecule has 0 unspecified atom stereocenters. The van der Waals surface area contributed by atoms with Crippen molar-refractivity contribution in [2.24, 2.45) is 0 Å². The largest absolute Gasteiger partial charge is 0.383 e. The van der Waals surface area contributed by atoms with Crippen LogP contribution in [0.2, 0.25) is 0 Å². The summed E-state index contributed by atoms with van der Waals surface area (Å²) in [5.74, 6) is 0. The summed E-state index contributed by atoms with van der Waals surface area (Å²) in [5.41, 5.74) is 1.32. The van der Waals surface area contributed by atoms with Crippen LogP contribution in [0.15, 0.2) is 16.8 Å². The van der Waals surface area contributed by atoms with Gasteiger partial charge in [-0.25, -0.2) is 0 Å². The normalized spacial score (nSPS) is 10.9. The first-order valence-corrected chi connectivity index (χ1v) is 7.66. The van der Waals surface area contributed by atoms with Gasteiger partial charge in [0, 0.05) is 33.0 Å². The molecule has 18 heavy (non-hydrogen) atoms. The Labute approximate surface area is 115 Å². The zero-order valence-corrected chi connectivity index (χ0v) is 12.0. The zero-order chi connectivity index (χ0) is 12.6. The van der Waals surface area contributed by atoms with E-state index in [2.05, 4.69) is 32.3 Å². The highest BCUT2D eigenvalue weighted by Gasteiger charge is 2.05. The Morgan fingerprint density at radius 1 is 1.28 bits per heavy atom. The minimum Gasteiger partial charge on any atom is -0.383 e. The number of hydrogen-bond acceptors (Lipinski definition) is 6. The van der Waals surface area contributed by atoms with Gasteiger partial charge >= 0.3 is 0 Å². The molecule has 1 N–H and O–H groups in total. The van der Waals surface area contributed by atoms with Gasteiger partial charge in [-0.15, -0.1) is 21.5 Å². The first kappa shape index (κ1) is 13.6. The van der Waals surface area contributed by atoms with Crippen LogP contribution in [0.25, 0.3) is 0 Å². The number of nitrogens with zero attached hydrogens (tertiary/aromatic N) is 2. The lowest BCUT2D eigenvalue weighted by Crippen LogP contribution is -2.21. The molecule has 4 nitrogen and oxygen atoms in total. The van der Waals surface area contributed by atoms with E-state index in [0.717, 1.165) is 42.6 Å². The average Bonchev–Trinajstić information content (AvgIpc) is 3.02. The molecule has 0 aliphatic rings. The van der Waals surface area contributed by atoms with E-state index in [0.29, 0.717) is 0 Å². The quantitative estimate of drug-likeness (QED) is 0.753. The molecule has 2 rings (SSSR count). The van der Waals surface area contributed by atoms with E-state index in [4.69, 9.17) is 4.74 Å². The lowest BCUT2D eigenvalue weighted by molar-refractivity contribution is 0.199. The summed E-state index contributed by atoms with van der Waals surface area (Å²) in [5, 5.41) is 18.2. The van der Waals surface area contributed by atoms with Crippen molar-refractivity contribution < 1.29 is 4.74 Å². The van der Waals surface area contributed by atoms with E-state index in [1.54, 1.807) is 29.8 Å². The molecule has 0 spiro atoms. The summed E-state index contributed by atoms with van der Waals surface area (Å²) >= 11 is 3.43. The van der Waals surface area contributed by atoms with Crippen molar-refractivity contribution >= 4 is 22.7 Å². The molecule has 98 valence electrons. The molecule has 0 aromatic carbocycles. The smallest absolute Gasteiger partial charge is 0.121 e. The fourth-order valence-corrected chi connectivity index (χ4v) is 3.07. The van der Waals surface area contributed by atoms with Crippen molar-refractivity contribution in [3.05, 3.63) is 32.4 Å². The van der Waals surface area contributed by atoms with Crippen LogP contribution in [0.5, 0.6) is 0 Å². The number of rotatable bonds is 8. The maximum absolute atomic E-state index is 4.97. The Kier molecular flexibility index (Phi) is 5.73. The van der Waals surface area contributed by atoms with Crippen molar-refractivity contribution in [3.63, 3.8) is 0 Å². The molecule has 0 aliphatic heterocycles. The molecule has 6 heteroatoms. The first-order valence-electron chi connectivity index (χ1n) is 5.90. The van der Waals surface area contributed by atoms with Gasteiger partial charge in [0.25, 0.3) is 0 Å². The summed E-state index contributed by atoms with van der Waals surface area (Å²) in [6, 6.07) is 2.14. The number of methoxy groups -OCH3 is 1. The molecule has 0 aliphatic carbocycles. The molecular weight excluding hydrogens is 266 g/mol. The van der Waals surface area contributed by atoms with E-state index in [1.807, 2.05) is 0 Å². The predicted octanol–water partition coefficient (Wildman–Crippen LogP) is 1.97. The Morgan fingerprint density at radius 3 is 2.94 bits per heavy atom. The third-order valence-corrected chi connectivity index (χ3v) is 4.16. The first-order chi connectivity index (χ1) is 8.88. The lowest BCUT2D eigenvalue weighted by atomic mass is 10.3. The van der Waals surface area contributed by atoms with Gasteiger partial charge in [0.1, 0.15) is 10.0 Å². The SMILES string of the molecule is COCCNCCc1nnc(Cc2ccsc2)s1. The van der Waals surface area contributed by atoms with E-state index in [1.165, 1.54) is 5.56 Å². The predicted molar refractivity (Wildman–Crippen MR) is 75.5 cm³/mol. The van der Waals surface area contributed by atoms with Crippen LogP contribution in [-0.2, 0) is 17.6 Å². The summed E-state index contributed by atoms with van der Waals surface area (Å²) in [6.45, 7) is 2.56. The highest BCUT2D eigenvalue weighted by atomic mass is 32.1. The monoisotopic (exact) mass is 283 g/mol. The highest BCUT2D eigenvalue weighted by molar-refractivity contribution is 7.11. The van der Waals surface area contributed by atoms with Crippen molar-refractivity contribution in [1.29, 1.82) is 0 Å². The average molecular weight is 283 g/mol. The fraction of sp³-hybridized carbons (Fsp3) is 0.500. The van der Waals surface area contributed by atoms with Gasteiger partial charge in [-0.1, -0.05) is 0 Å². The fourth-order valence-electron chi connectivity index (χ4n) is 1.52. The molecule has 0 saturated heterocycles. The Hall–Kier alpha value is -0.820. The number of ether oxygens (including phenoxy) is 1. The Morgan fingerprint density at radius 2 is 2.17 bits per heavy atom. The van der Waals surface area contributed by atoms with Crippen molar-refractivity contribution in [3.8, 4) is 0 Å². The molecule has 2 aromatic rings. The molecule has 2 aromatic heterocycles. The number of nitrogens with one attached hydrogen (secondary N) is 1. The molecule has 0 radical (unpaired) electrons. The van der Waals surface area contributed by atoms with Crippen molar-refractivity contribution in [2.45, 2.75) is 12.8 Å². The number of aromatic nitrogens is 2. The van der Waals surface area contributed by atoms with E-state index >= 15 is 0 Å². The molecule has 2 heterocycles. The van der Waals surface area contributed by atoms with Gasteiger partial charge in [-0.3, -0.25) is 0 Å². The van der Waals surface area contributed by atoms with Crippen molar-refractivity contribution in [1.82, 2.24) is 15.5 Å². The maximum Gasteiger partial charge on any atom is 0.121 e. The van der Waals surface area contributed by atoms with Gasteiger partial charge in [-0.2, -0.15) is 11.3 Å². The summed E-state index contributed by atoms with van der Waals surface area (Å²) in [6.07, 6.45) is 1.84. The molecule has 0 atom stereocenters. The van der Waals surface area contributed by atoms with Crippen molar-refractivity contribution in [2.75, 3.05) is 26.8 Å². The number of thiophene rings is 1. The second-order valence-corrected chi connectivity index (χ2v) is 5.82. The summed E-state index contributed by atoms with van der Waals surface area (Å²) in [7, 11) is 1.71. The van der Waals surface area contributed by atoms with Gasteiger partial charge < -0.3 is 10.1 Å². The molecule has 0 bridgehead atoms. The summed E-state index contributed by atoms with van der Waals surface area (Å²) < 4.78 is 4.97. The highest BCUT2D eigenvalue weighted by Crippen LogP contribution is 2.16. The van der Waals surface area contributed by atoms with Gasteiger partial charge in [0.15, 0.2) is 0 Å². The van der Waals surface area contributed by atoms with Gasteiger partial charge in [0.2, 0.25) is 0 Å². The van der Waals surface area contributed by atoms with Crippen LogP contribution >= 0.6 is 22.7 Å². The molecule has 0 saturated carbocycles. The van der Waals surface area contributed by atoms with Gasteiger partial charge in [-0.05, 0) is 22.4 Å². The maximum atomic E-state index is 4.97. The zero-order valence-electron chi connectivity index (χ0n) is 10.4. The van der Waals surface area contributed by atoms with Crippen LogP contribution in [0.3, 0.4) is 0 Å². The minimum absolute atomic E-state index is 0.750. The third kappa shape index (κ3) is 4.45. The standard InChI is InChI=1S/C12H17N3OS2/c1-16-6-5-13-4-2-11-14-15-12(18-11)8-10-3-7-17-9-10/h3,7,9,13H,2,4-6,8H2,1H3. The molecule has 0 amide bonds. The second-order valence-electron chi connectivity index (χ2n) is 3.89.